The first-order valence-electron chi connectivity index (χ1n) is 9.69. The smallest absolute Gasteiger partial charge is 0.265 e. The van der Waals surface area contributed by atoms with Crippen LogP contribution in [0, 0.1) is 0 Å². The molecule has 0 aliphatic heterocycles. The SMILES string of the molecule is NNC(=O)/C(=C/c1ccccc1)c1ccc(OCc2ccc3ccccc3n2)c(Cl)c1. The summed E-state index contributed by atoms with van der Waals surface area (Å²) >= 11 is 6.45. The molecule has 5 nitrogen and oxygen atoms in total. The molecule has 0 saturated heterocycles. The third-order valence-corrected chi connectivity index (χ3v) is 5.06. The average Bonchev–Trinajstić information content (AvgIpc) is 2.82. The summed E-state index contributed by atoms with van der Waals surface area (Å²) in [6.45, 7) is 0.278. The number of para-hydroxylation sites is 1. The summed E-state index contributed by atoms with van der Waals surface area (Å²) in [6, 6.07) is 26.6. The first-order valence-corrected chi connectivity index (χ1v) is 10.1. The molecular formula is C25H20ClN3O2. The highest BCUT2D eigenvalue weighted by Gasteiger charge is 2.14. The molecule has 0 bridgehead atoms. The van der Waals surface area contributed by atoms with Crippen molar-refractivity contribution in [2.45, 2.75) is 6.61 Å². The van der Waals surface area contributed by atoms with E-state index in [1.807, 2.05) is 66.7 Å². The van der Waals surface area contributed by atoms with Crippen molar-refractivity contribution in [3.8, 4) is 5.75 Å². The van der Waals surface area contributed by atoms with Gasteiger partial charge in [-0.2, -0.15) is 0 Å². The standard InChI is InChI=1S/C25H20ClN3O2/c26-22-15-19(21(25(30)29-27)14-17-6-2-1-3-7-17)11-13-24(22)31-16-20-12-10-18-8-4-5-9-23(18)28-20/h1-15H,16,27H2,(H,29,30)/b21-14+. The van der Waals surface area contributed by atoms with E-state index in [0.29, 0.717) is 21.9 Å². The largest absolute Gasteiger partial charge is 0.486 e. The van der Waals surface area contributed by atoms with Crippen LogP contribution in [0.5, 0.6) is 5.75 Å². The van der Waals surface area contributed by atoms with Gasteiger partial charge in [-0.3, -0.25) is 10.2 Å². The van der Waals surface area contributed by atoms with Gasteiger partial charge in [-0.25, -0.2) is 10.8 Å². The van der Waals surface area contributed by atoms with Gasteiger partial charge in [0, 0.05) is 11.0 Å². The number of pyridine rings is 1. The number of ether oxygens (including phenoxy) is 1. The highest BCUT2D eigenvalue weighted by Crippen LogP contribution is 2.30. The molecule has 154 valence electrons. The van der Waals surface area contributed by atoms with Crippen molar-refractivity contribution >= 4 is 40.1 Å². The summed E-state index contributed by atoms with van der Waals surface area (Å²) in [5, 5.41) is 1.46. The monoisotopic (exact) mass is 429 g/mol. The summed E-state index contributed by atoms with van der Waals surface area (Å²) in [5.41, 5.74) is 5.81. The van der Waals surface area contributed by atoms with Crippen LogP contribution in [0.1, 0.15) is 16.8 Å². The van der Waals surface area contributed by atoms with E-state index in [1.165, 1.54) is 0 Å². The summed E-state index contributed by atoms with van der Waals surface area (Å²) in [5.74, 6) is 5.48. The van der Waals surface area contributed by atoms with Crippen molar-refractivity contribution in [2.24, 2.45) is 5.84 Å². The molecule has 1 heterocycles. The number of hydrogen-bond donors (Lipinski definition) is 2. The number of hydrogen-bond acceptors (Lipinski definition) is 4. The lowest BCUT2D eigenvalue weighted by Crippen LogP contribution is -2.30. The summed E-state index contributed by atoms with van der Waals surface area (Å²) in [7, 11) is 0. The number of fused-ring (bicyclic) bond motifs is 1. The molecule has 4 rings (SSSR count). The van der Waals surface area contributed by atoms with E-state index < -0.39 is 5.91 Å². The van der Waals surface area contributed by atoms with Crippen LogP contribution in [0.2, 0.25) is 5.02 Å². The third kappa shape index (κ3) is 4.91. The fraction of sp³-hybridized carbons (Fsp3) is 0.0400. The maximum atomic E-state index is 12.3. The van der Waals surface area contributed by atoms with Gasteiger partial charge in [0.25, 0.3) is 5.91 Å². The third-order valence-electron chi connectivity index (χ3n) is 4.76. The number of nitrogens with one attached hydrogen (secondary N) is 1. The maximum absolute atomic E-state index is 12.3. The van der Waals surface area contributed by atoms with Crippen LogP contribution in [0.3, 0.4) is 0 Å². The van der Waals surface area contributed by atoms with Gasteiger partial charge in [-0.05, 0) is 41.5 Å². The number of aromatic nitrogens is 1. The topological polar surface area (TPSA) is 77.2 Å². The van der Waals surface area contributed by atoms with Crippen LogP contribution in [0.15, 0.2) is 84.9 Å². The number of benzene rings is 3. The fourth-order valence-electron chi connectivity index (χ4n) is 3.20. The number of carbonyl (C=O) groups is 1. The van der Waals surface area contributed by atoms with E-state index >= 15 is 0 Å². The second-order valence-electron chi connectivity index (χ2n) is 6.87. The number of rotatable bonds is 6. The molecule has 3 aromatic carbocycles. The van der Waals surface area contributed by atoms with Crippen molar-refractivity contribution in [1.29, 1.82) is 0 Å². The quantitative estimate of drug-likeness (QED) is 0.149. The van der Waals surface area contributed by atoms with Gasteiger partial charge in [-0.15, -0.1) is 0 Å². The van der Waals surface area contributed by atoms with Gasteiger partial charge in [0.05, 0.1) is 16.2 Å². The fourth-order valence-corrected chi connectivity index (χ4v) is 3.43. The number of nitrogens with two attached hydrogens (primary N) is 1. The minimum absolute atomic E-state index is 0.278. The average molecular weight is 430 g/mol. The maximum Gasteiger partial charge on any atom is 0.265 e. The Bertz CT molecular complexity index is 1260. The predicted molar refractivity (Wildman–Crippen MR) is 124 cm³/mol. The van der Waals surface area contributed by atoms with E-state index in [0.717, 1.165) is 22.2 Å². The molecule has 0 aliphatic rings. The zero-order valence-electron chi connectivity index (χ0n) is 16.6. The highest BCUT2D eigenvalue weighted by molar-refractivity contribution is 6.33. The van der Waals surface area contributed by atoms with Gasteiger partial charge in [0.1, 0.15) is 12.4 Å². The Morgan fingerprint density at radius 3 is 2.55 bits per heavy atom. The van der Waals surface area contributed by atoms with Crippen LogP contribution in [-0.2, 0) is 11.4 Å². The Kier molecular flexibility index (Phi) is 6.26. The molecule has 1 aromatic heterocycles. The van der Waals surface area contributed by atoms with Crippen LogP contribution >= 0.6 is 11.6 Å². The molecule has 3 N–H and O–H groups in total. The lowest BCUT2D eigenvalue weighted by atomic mass is 10.0. The number of carbonyl (C=O) groups excluding carboxylic acids is 1. The molecule has 6 heteroatoms. The first kappa shape index (κ1) is 20.6. The highest BCUT2D eigenvalue weighted by atomic mass is 35.5. The minimum atomic E-state index is -0.408. The molecule has 1 amide bonds. The number of amides is 1. The molecule has 0 aliphatic carbocycles. The van der Waals surface area contributed by atoms with Crippen LogP contribution in [0.25, 0.3) is 22.6 Å². The van der Waals surface area contributed by atoms with Crippen molar-refractivity contribution < 1.29 is 9.53 Å². The van der Waals surface area contributed by atoms with E-state index in [4.69, 9.17) is 22.2 Å². The molecule has 0 spiro atoms. The Balaban J connectivity index is 1.56. The van der Waals surface area contributed by atoms with Crippen LogP contribution in [-0.4, -0.2) is 10.9 Å². The van der Waals surface area contributed by atoms with E-state index in [9.17, 15) is 4.79 Å². The van der Waals surface area contributed by atoms with Crippen LogP contribution < -0.4 is 16.0 Å². The summed E-state index contributed by atoms with van der Waals surface area (Å²) in [4.78, 5) is 16.9. The van der Waals surface area contributed by atoms with E-state index in [2.05, 4.69) is 10.4 Å². The molecule has 31 heavy (non-hydrogen) atoms. The lowest BCUT2D eigenvalue weighted by molar-refractivity contribution is -0.115. The molecular weight excluding hydrogens is 410 g/mol. The van der Waals surface area contributed by atoms with Crippen molar-refractivity contribution in [2.75, 3.05) is 0 Å². The van der Waals surface area contributed by atoms with Gasteiger partial charge in [-0.1, -0.05) is 72.3 Å². The Morgan fingerprint density at radius 1 is 1.00 bits per heavy atom. The Labute approximate surface area is 185 Å². The van der Waals surface area contributed by atoms with Crippen molar-refractivity contribution in [3.63, 3.8) is 0 Å². The molecule has 0 saturated carbocycles. The van der Waals surface area contributed by atoms with Gasteiger partial charge in [0.15, 0.2) is 0 Å². The Hall–Kier alpha value is -3.67. The first-order chi connectivity index (χ1) is 15.1. The van der Waals surface area contributed by atoms with Gasteiger partial charge in [0.2, 0.25) is 0 Å². The molecule has 0 radical (unpaired) electrons. The number of hydrazine groups is 1. The predicted octanol–water partition coefficient (Wildman–Crippen LogP) is 5.00. The molecule has 4 aromatic rings. The van der Waals surface area contributed by atoms with Crippen LogP contribution in [0.4, 0.5) is 0 Å². The zero-order chi connectivity index (χ0) is 21.6. The zero-order valence-corrected chi connectivity index (χ0v) is 17.3. The molecule has 0 fully saturated rings. The van der Waals surface area contributed by atoms with E-state index in [1.54, 1.807) is 24.3 Å². The number of halogens is 1. The van der Waals surface area contributed by atoms with E-state index in [-0.39, 0.29) is 6.61 Å². The number of nitrogens with zero attached hydrogens (tertiary/aromatic N) is 1. The molecule has 0 atom stereocenters. The normalized spacial score (nSPS) is 11.4. The van der Waals surface area contributed by atoms with Crippen molar-refractivity contribution in [3.05, 3.63) is 107 Å². The summed E-state index contributed by atoms with van der Waals surface area (Å²) < 4.78 is 5.87. The second-order valence-corrected chi connectivity index (χ2v) is 7.28. The van der Waals surface area contributed by atoms with Gasteiger partial charge >= 0.3 is 0 Å². The minimum Gasteiger partial charge on any atom is -0.486 e. The Morgan fingerprint density at radius 2 is 1.77 bits per heavy atom. The summed E-state index contributed by atoms with van der Waals surface area (Å²) in [6.07, 6.45) is 1.76. The lowest BCUT2D eigenvalue weighted by Gasteiger charge is -2.11. The van der Waals surface area contributed by atoms with Gasteiger partial charge < -0.3 is 4.74 Å². The van der Waals surface area contributed by atoms with Crippen molar-refractivity contribution in [1.82, 2.24) is 10.4 Å². The molecule has 0 unspecified atom stereocenters. The second kappa shape index (κ2) is 9.43.